The van der Waals surface area contributed by atoms with Crippen molar-refractivity contribution in [3.63, 3.8) is 0 Å². The molecule has 0 saturated carbocycles. The highest BCUT2D eigenvalue weighted by molar-refractivity contribution is 9.10. The lowest BCUT2D eigenvalue weighted by atomic mass is 10.1. The molecule has 1 aromatic carbocycles. The van der Waals surface area contributed by atoms with Gasteiger partial charge in [-0.25, -0.2) is 9.18 Å². The molecule has 0 spiro atoms. The average Bonchev–Trinajstić information content (AvgIpc) is 2.27. The zero-order valence-corrected chi connectivity index (χ0v) is 12.5. The summed E-state index contributed by atoms with van der Waals surface area (Å²) in [7, 11) is 0. The van der Waals surface area contributed by atoms with Crippen LogP contribution in [-0.2, 0) is 9.53 Å². The molecule has 6 heteroatoms. The molecule has 0 aliphatic carbocycles. The van der Waals surface area contributed by atoms with E-state index in [1.807, 2.05) is 0 Å². The van der Waals surface area contributed by atoms with Gasteiger partial charge in [0.1, 0.15) is 23.7 Å². The zero-order valence-electron chi connectivity index (χ0n) is 10.9. The molecule has 1 unspecified atom stereocenters. The van der Waals surface area contributed by atoms with Gasteiger partial charge in [0, 0.05) is 4.47 Å². The SMILES string of the molecule is CC(C)(C)OC(=O)NC(C=O)c1cc(F)ccc1Br. The third-order valence-corrected chi connectivity index (χ3v) is 2.82. The number of rotatable bonds is 3. The Hall–Kier alpha value is -1.43. The average molecular weight is 332 g/mol. The summed E-state index contributed by atoms with van der Waals surface area (Å²) in [5.41, 5.74) is -0.336. The lowest BCUT2D eigenvalue weighted by Gasteiger charge is -2.22. The molecule has 1 rings (SSSR count). The number of ether oxygens (including phenoxy) is 1. The Labute approximate surface area is 119 Å². The lowest BCUT2D eigenvalue weighted by molar-refractivity contribution is -0.109. The van der Waals surface area contributed by atoms with Gasteiger partial charge in [0.25, 0.3) is 0 Å². The monoisotopic (exact) mass is 331 g/mol. The number of carbonyl (C=O) groups excluding carboxylic acids is 2. The van der Waals surface area contributed by atoms with Crippen LogP contribution in [0.5, 0.6) is 0 Å². The van der Waals surface area contributed by atoms with Gasteiger partial charge < -0.3 is 14.8 Å². The molecule has 0 aromatic heterocycles. The normalized spacial score (nSPS) is 12.7. The summed E-state index contributed by atoms with van der Waals surface area (Å²) in [5, 5.41) is 2.38. The van der Waals surface area contributed by atoms with Gasteiger partial charge in [0.05, 0.1) is 0 Å². The predicted molar refractivity (Wildman–Crippen MR) is 72.3 cm³/mol. The van der Waals surface area contributed by atoms with Crippen molar-refractivity contribution in [2.24, 2.45) is 0 Å². The topological polar surface area (TPSA) is 55.4 Å². The second-order valence-electron chi connectivity index (χ2n) is 4.93. The summed E-state index contributed by atoms with van der Waals surface area (Å²) < 4.78 is 18.7. The van der Waals surface area contributed by atoms with Gasteiger partial charge in [-0.2, -0.15) is 0 Å². The summed E-state index contributed by atoms with van der Waals surface area (Å²) in [5.74, 6) is -0.490. The van der Waals surface area contributed by atoms with Gasteiger partial charge in [0.15, 0.2) is 0 Å². The van der Waals surface area contributed by atoms with Crippen LogP contribution in [0, 0.1) is 5.82 Å². The molecule has 0 saturated heterocycles. The van der Waals surface area contributed by atoms with Gasteiger partial charge in [-0.05, 0) is 44.5 Å². The molecular weight excluding hydrogens is 317 g/mol. The minimum atomic E-state index is -0.972. The van der Waals surface area contributed by atoms with Crippen molar-refractivity contribution in [3.8, 4) is 0 Å². The van der Waals surface area contributed by atoms with Crippen molar-refractivity contribution in [1.29, 1.82) is 0 Å². The van der Waals surface area contributed by atoms with Crippen LogP contribution < -0.4 is 5.32 Å². The number of halogens is 2. The Balaban J connectivity index is 2.87. The third-order valence-electron chi connectivity index (χ3n) is 2.10. The number of hydrogen-bond donors (Lipinski definition) is 1. The van der Waals surface area contributed by atoms with Crippen LogP contribution in [0.4, 0.5) is 9.18 Å². The molecular formula is C13H15BrFNO3. The minimum absolute atomic E-state index is 0.334. The molecule has 0 bridgehead atoms. The van der Waals surface area contributed by atoms with Gasteiger partial charge >= 0.3 is 6.09 Å². The van der Waals surface area contributed by atoms with Crippen LogP contribution in [0.25, 0.3) is 0 Å². The molecule has 1 aromatic rings. The van der Waals surface area contributed by atoms with E-state index in [1.54, 1.807) is 20.8 Å². The maximum Gasteiger partial charge on any atom is 0.408 e. The van der Waals surface area contributed by atoms with Gasteiger partial charge in [-0.1, -0.05) is 15.9 Å². The highest BCUT2D eigenvalue weighted by atomic mass is 79.9. The van der Waals surface area contributed by atoms with Crippen LogP contribution in [0.2, 0.25) is 0 Å². The Morgan fingerprint density at radius 2 is 2.11 bits per heavy atom. The first-order valence-electron chi connectivity index (χ1n) is 5.62. The van der Waals surface area contributed by atoms with E-state index in [4.69, 9.17) is 4.74 Å². The number of amides is 1. The molecule has 19 heavy (non-hydrogen) atoms. The van der Waals surface area contributed by atoms with E-state index in [9.17, 15) is 14.0 Å². The first kappa shape index (κ1) is 15.6. The molecule has 1 atom stereocenters. The summed E-state index contributed by atoms with van der Waals surface area (Å²) >= 11 is 3.21. The van der Waals surface area contributed by atoms with E-state index in [0.717, 1.165) is 0 Å². The minimum Gasteiger partial charge on any atom is -0.444 e. The second-order valence-corrected chi connectivity index (χ2v) is 5.78. The van der Waals surface area contributed by atoms with E-state index in [2.05, 4.69) is 21.2 Å². The van der Waals surface area contributed by atoms with E-state index in [-0.39, 0.29) is 0 Å². The number of hydrogen-bond acceptors (Lipinski definition) is 3. The maximum atomic E-state index is 13.2. The highest BCUT2D eigenvalue weighted by Gasteiger charge is 2.21. The summed E-state index contributed by atoms with van der Waals surface area (Å²) in [6.45, 7) is 5.13. The molecule has 0 aliphatic rings. The van der Waals surface area contributed by atoms with E-state index in [1.165, 1.54) is 18.2 Å². The molecule has 1 amide bonds. The van der Waals surface area contributed by atoms with Gasteiger partial charge in [-0.15, -0.1) is 0 Å². The highest BCUT2D eigenvalue weighted by Crippen LogP contribution is 2.23. The van der Waals surface area contributed by atoms with Crippen molar-refractivity contribution in [2.75, 3.05) is 0 Å². The van der Waals surface area contributed by atoms with E-state index >= 15 is 0 Å². The van der Waals surface area contributed by atoms with Crippen molar-refractivity contribution < 1.29 is 18.7 Å². The molecule has 0 heterocycles. The van der Waals surface area contributed by atoms with Gasteiger partial charge in [-0.3, -0.25) is 0 Å². The van der Waals surface area contributed by atoms with Crippen LogP contribution in [-0.4, -0.2) is 18.0 Å². The fourth-order valence-corrected chi connectivity index (χ4v) is 1.87. The second kappa shape index (κ2) is 6.14. The number of carbonyl (C=O) groups is 2. The fraction of sp³-hybridized carbons (Fsp3) is 0.385. The van der Waals surface area contributed by atoms with Crippen molar-refractivity contribution in [1.82, 2.24) is 5.32 Å². The molecule has 104 valence electrons. The Morgan fingerprint density at radius 1 is 1.47 bits per heavy atom. The van der Waals surface area contributed by atoms with Crippen molar-refractivity contribution in [2.45, 2.75) is 32.4 Å². The fourth-order valence-electron chi connectivity index (χ4n) is 1.37. The largest absolute Gasteiger partial charge is 0.444 e. The Bertz CT molecular complexity index is 485. The van der Waals surface area contributed by atoms with Crippen molar-refractivity contribution in [3.05, 3.63) is 34.1 Å². The molecule has 0 aliphatic heterocycles. The number of benzene rings is 1. The first-order chi connectivity index (χ1) is 8.73. The summed E-state index contributed by atoms with van der Waals surface area (Å²) in [6, 6.07) is 2.93. The lowest BCUT2D eigenvalue weighted by Crippen LogP contribution is -2.35. The third kappa shape index (κ3) is 4.98. The molecule has 1 N–H and O–H groups in total. The summed E-state index contributed by atoms with van der Waals surface area (Å²) in [6.07, 6.45) is -0.218. The first-order valence-corrected chi connectivity index (χ1v) is 6.42. The quantitative estimate of drug-likeness (QED) is 0.864. The molecule has 0 radical (unpaired) electrons. The molecule has 0 fully saturated rings. The maximum absolute atomic E-state index is 13.2. The standard InChI is InChI=1S/C13H15BrFNO3/c1-13(2,3)19-12(18)16-11(7-17)9-6-8(15)4-5-10(9)14/h4-7,11H,1-3H3,(H,16,18). The number of alkyl carbamates (subject to hydrolysis) is 1. The molecule has 4 nitrogen and oxygen atoms in total. The van der Waals surface area contributed by atoms with Gasteiger partial charge in [0.2, 0.25) is 0 Å². The Morgan fingerprint density at radius 3 is 2.63 bits per heavy atom. The number of nitrogens with one attached hydrogen (secondary N) is 1. The zero-order chi connectivity index (χ0) is 14.6. The predicted octanol–water partition coefficient (Wildman–Crippen LogP) is 3.35. The smallest absolute Gasteiger partial charge is 0.408 e. The van der Waals surface area contributed by atoms with E-state index < -0.39 is 23.6 Å². The van der Waals surface area contributed by atoms with Crippen LogP contribution >= 0.6 is 15.9 Å². The summed E-state index contributed by atoms with van der Waals surface area (Å²) in [4.78, 5) is 22.7. The Kier molecular flexibility index (Phi) is 5.05. The number of aldehydes is 1. The van der Waals surface area contributed by atoms with E-state index in [0.29, 0.717) is 16.3 Å². The van der Waals surface area contributed by atoms with Crippen molar-refractivity contribution >= 4 is 28.3 Å². The van der Waals surface area contributed by atoms with Crippen LogP contribution in [0.3, 0.4) is 0 Å². The van der Waals surface area contributed by atoms with Crippen LogP contribution in [0.15, 0.2) is 22.7 Å². The van der Waals surface area contributed by atoms with Crippen LogP contribution in [0.1, 0.15) is 32.4 Å².